The second-order valence-corrected chi connectivity index (χ2v) is 3.68. The molecule has 1 unspecified atom stereocenters. The van der Waals surface area contributed by atoms with Crippen molar-refractivity contribution >= 4 is 17.4 Å². The van der Waals surface area contributed by atoms with E-state index in [0.717, 1.165) is 12.1 Å². The Kier molecular flexibility index (Phi) is 4.39. The van der Waals surface area contributed by atoms with Crippen molar-refractivity contribution in [1.29, 1.82) is 0 Å². The van der Waals surface area contributed by atoms with Gasteiger partial charge < -0.3 is 10.1 Å². The Balaban J connectivity index is 2.22. The summed E-state index contributed by atoms with van der Waals surface area (Å²) in [7, 11) is 0. The zero-order valence-electron chi connectivity index (χ0n) is 8.32. The van der Waals surface area contributed by atoms with Crippen LogP contribution in [0.4, 0.5) is 4.79 Å². The molecule has 0 saturated carbocycles. The fourth-order valence-corrected chi connectivity index (χ4v) is 1.35. The van der Waals surface area contributed by atoms with Crippen LogP contribution >= 0.6 is 11.3 Å². The lowest BCUT2D eigenvalue weighted by Gasteiger charge is -2.10. The average Bonchev–Trinajstić information content (AvgIpc) is 2.67. The largest absolute Gasteiger partial charge is 0.447 e. The van der Waals surface area contributed by atoms with Gasteiger partial charge in [0.25, 0.3) is 0 Å². The van der Waals surface area contributed by atoms with Gasteiger partial charge in [-0.25, -0.2) is 9.78 Å². The van der Waals surface area contributed by atoms with Crippen LogP contribution in [-0.2, 0) is 11.3 Å². The van der Waals surface area contributed by atoms with E-state index in [9.17, 15) is 4.79 Å². The third-order valence-electron chi connectivity index (χ3n) is 1.78. The van der Waals surface area contributed by atoms with Crippen LogP contribution in [0.2, 0.25) is 0 Å². The van der Waals surface area contributed by atoms with E-state index in [1.807, 2.05) is 19.2 Å². The van der Waals surface area contributed by atoms with Gasteiger partial charge in [-0.3, -0.25) is 0 Å². The van der Waals surface area contributed by atoms with Gasteiger partial charge in [-0.1, -0.05) is 6.92 Å². The first-order chi connectivity index (χ1) is 6.72. The minimum absolute atomic E-state index is 0.0366. The van der Waals surface area contributed by atoms with E-state index < -0.39 is 0 Å². The highest BCUT2D eigenvalue weighted by atomic mass is 32.1. The molecule has 0 fully saturated rings. The van der Waals surface area contributed by atoms with Crippen molar-refractivity contribution in [1.82, 2.24) is 10.3 Å². The Morgan fingerprint density at radius 3 is 3.14 bits per heavy atom. The van der Waals surface area contributed by atoms with Crippen LogP contribution < -0.4 is 5.32 Å². The number of aromatic nitrogens is 1. The lowest BCUT2D eigenvalue weighted by atomic mass is 10.3. The summed E-state index contributed by atoms with van der Waals surface area (Å²) in [5.41, 5.74) is 2.59. The highest BCUT2D eigenvalue weighted by Gasteiger charge is 2.06. The lowest BCUT2D eigenvalue weighted by molar-refractivity contribution is 0.104. The molecule has 1 amide bonds. The fourth-order valence-electron chi connectivity index (χ4n) is 0.795. The van der Waals surface area contributed by atoms with Gasteiger partial charge in [0.05, 0.1) is 17.7 Å². The number of amides is 1. The van der Waals surface area contributed by atoms with Crippen molar-refractivity contribution in [3.63, 3.8) is 0 Å². The predicted octanol–water partition coefficient (Wildman–Crippen LogP) is 2.17. The number of ether oxygens (including phenoxy) is 1. The monoisotopic (exact) mass is 214 g/mol. The molecule has 14 heavy (non-hydrogen) atoms. The van der Waals surface area contributed by atoms with E-state index >= 15 is 0 Å². The van der Waals surface area contributed by atoms with Crippen LogP contribution in [-0.4, -0.2) is 17.2 Å². The molecular weight excluding hydrogens is 200 g/mol. The highest BCUT2D eigenvalue weighted by molar-refractivity contribution is 7.07. The zero-order valence-corrected chi connectivity index (χ0v) is 9.13. The Hall–Kier alpha value is -1.10. The van der Waals surface area contributed by atoms with E-state index in [1.165, 1.54) is 11.3 Å². The topological polar surface area (TPSA) is 51.2 Å². The maximum atomic E-state index is 11.1. The number of alkyl carbamates (subject to hydrolysis) is 1. The summed E-state index contributed by atoms with van der Waals surface area (Å²) < 4.78 is 5.02. The Bertz CT molecular complexity index is 274. The second-order valence-electron chi connectivity index (χ2n) is 2.96. The van der Waals surface area contributed by atoms with Gasteiger partial charge in [-0.2, -0.15) is 0 Å². The van der Waals surface area contributed by atoms with E-state index in [2.05, 4.69) is 10.3 Å². The van der Waals surface area contributed by atoms with Crippen molar-refractivity contribution in [2.24, 2.45) is 0 Å². The minimum Gasteiger partial charge on any atom is -0.447 e. The molecule has 1 atom stereocenters. The fraction of sp³-hybridized carbons (Fsp3) is 0.556. The van der Waals surface area contributed by atoms with E-state index in [0.29, 0.717) is 6.54 Å². The molecule has 1 rings (SSSR count). The first-order valence-corrected chi connectivity index (χ1v) is 5.48. The molecule has 0 radical (unpaired) electrons. The third kappa shape index (κ3) is 3.74. The number of nitrogens with zero attached hydrogens (tertiary/aromatic N) is 1. The molecular formula is C9H14N2O2S. The number of carbonyl (C=O) groups is 1. The standard InChI is InChI=1S/C9H14N2O2S/c1-3-7(2)13-9(12)10-4-8-5-14-6-11-8/h5-7H,3-4H2,1-2H3,(H,10,12). The number of carbonyl (C=O) groups excluding carboxylic acids is 1. The van der Waals surface area contributed by atoms with Crippen molar-refractivity contribution < 1.29 is 9.53 Å². The quantitative estimate of drug-likeness (QED) is 0.835. The number of hydrogen-bond donors (Lipinski definition) is 1. The summed E-state index contributed by atoms with van der Waals surface area (Å²) in [6, 6.07) is 0. The number of thiazole rings is 1. The van der Waals surface area contributed by atoms with Crippen LogP contribution in [0, 0.1) is 0 Å². The lowest BCUT2D eigenvalue weighted by Crippen LogP contribution is -2.27. The van der Waals surface area contributed by atoms with Gasteiger partial charge in [0.15, 0.2) is 0 Å². The van der Waals surface area contributed by atoms with E-state index in [-0.39, 0.29) is 12.2 Å². The molecule has 0 spiro atoms. The predicted molar refractivity (Wildman–Crippen MR) is 55.2 cm³/mol. The molecule has 0 saturated heterocycles. The number of nitrogens with one attached hydrogen (secondary N) is 1. The molecule has 1 heterocycles. The number of hydrogen-bond acceptors (Lipinski definition) is 4. The normalized spacial score (nSPS) is 12.1. The molecule has 0 aliphatic carbocycles. The molecule has 0 bridgehead atoms. The van der Waals surface area contributed by atoms with Gasteiger partial charge in [0, 0.05) is 5.38 Å². The van der Waals surface area contributed by atoms with Crippen LogP contribution in [0.1, 0.15) is 26.0 Å². The Labute approximate surface area is 87.3 Å². The second kappa shape index (κ2) is 5.59. The van der Waals surface area contributed by atoms with Crippen molar-refractivity contribution in [3.8, 4) is 0 Å². The van der Waals surface area contributed by atoms with Gasteiger partial charge in [0.1, 0.15) is 6.10 Å². The van der Waals surface area contributed by atoms with Gasteiger partial charge in [0.2, 0.25) is 0 Å². The number of rotatable bonds is 4. The first-order valence-electron chi connectivity index (χ1n) is 4.54. The van der Waals surface area contributed by atoms with E-state index in [4.69, 9.17) is 4.74 Å². The summed E-state index contributed by atoms with van der Waals surface area (Å²) >= 11 is 1.51. The van der Waals surface area contributed by atoms with Gasteiger partial charge in [-0.15, -0.1) is 11.3 Å². The zero-order chi connectivity index (χ0) is 10.4. The summed E-state index contributed by atoms with van der Waals surface area (Å²) in [6.45, 7) is 4.26. The van der Waals surface area contributed by atoms with E-state index in [1.54, 1.807) is 5.51 Å². The summed E-state index contributed by atoms with van der Waals surface area (Å²) in [6.07, 6.45) is 0.405. The molecule has 78 valence electrons. The highest BCUT2D eigenvalue weighted by Crippen LogP contribution is 2.01. The molecule has 1 N–H and O–H groups in total. The molecule has 5 heteroatoms. The van der Waals surface area contributed by atoms with Crippen LogP contribution in [0.3, 0.4) is 0 Å². The van der Waals surface area contributed by atoms with Gasteiger partial charge >= 0.3 is 6.09 Å². The Morgan fingerprint density at radius 1 is 1.79 bits per heavy atom. The molecule has 1 aromatic heterocycles. The third-order valence-corrected chi connectivity index (χ3v) is 2.42. The SMILES string of the molecule is CCC(C)OC(=O)NCc1cscn1. The molecule has 4 nitrogen and oxygen atoms in total. The molecule has 0 aliphatic heterocycles. The summed E-state index contributed by atoms with van der Waals surface area (Å²) in [5, 5.41) is 4.53. The van der Waals surface area contributed by atoms with Crippen LogP contribution in [0.15, 0.2) is 10.9 Å². The van der Waals surface area contributed by atoms with Crippen LogP contribution in [0.25, 0.3) is 0 Å². The van der Waals surface area contributed by atoms with Crippen LogP contribution in [0.5, 0.6) is 0 Å². The smallest absolute Gasteiger partial charge is 0.407 e. The van der Waals surface area contributed by atoms with Crippen molar-refractivity contribution in [3.05, 3.63) is 16.6 Å². The molecule has 0 aliphatic rings. The first kappa shape index (κ1) is 11.0. The maximum absolute atomic E-state index is 11.1. The molecule has 0 aromatic carbocycles. The maximum Gasteiger partial charge on any atom is 0.407 e. The minimum atomic E-state index is -0.382. The molecule has 1 aromatic rings. The van der Waals surface area contributed by atoms with Gasteiger partial charge in [-0.05, 0) is 13.3 Å². The summed E-state index contributed by atoms with van der Waals surface area (Å²) in [4.78, 5) is 15.2. The van der Waals surface area contributed by atoms with Crippen molar-refractivity contribution in [2.45, 2.75) is 32.9 Å². The Morgan fingerprint density at radius 2 is 2.57 bits per heavy atom. The average molecular weight is 214 g/mol. The summed E-state index contributed by atoms with van der Waals surface area (Å²) in [5.74, 6) is 0. The van der Waals surface area contributed by atoms with Crippen molar-refractivity contribution in [2.75, 3.05) is 0 Å².